The van der Waals surface area contributed by atoms with Crippen LogP contribution in [-0.2, 0) is 12.2 Å². The molecule has 0 radical (unpaired) electrons. The van der Waals surface area contributed by atoms with Gasteiger partial charge in [0.2, 0.25) is 0 Å². The zero-order valence-electron chi connectivity index (χ0n) is 17.1. The van der Waals surface area contributed by atoms with Crippen molar-refractivity contribution in [1.82, 2.24) is 14.9 Å². The van der Waals surface area contributed by atoms with Crippen LogP contribution in [-0.4, -0.2) is 39.0 Å². The quantitative estimate of drug-likeness (QED) is 0.636. The van der Waals surface area contributed by atoms with Gasteiger partial charge in [0.05, 0.1) is 21.8 Å². The van der Waals surface area contributed by atoms with Gasteiger partial charge in [-0.25, -0.2) is 9.97 Å². The lowest BCUT2D eigenvalue weighted by Crippen LogP contribution is -2.33. The second-order valence-electron chi connectivity index (χ2n) is 7.57. The molecule has 2 aromatic heterocycles. The number of hydrogen-bond acceptors (Lipinski definition) is 7. The van der Waals surface area contributed by atoms with Crippen LogP contribution in [0.1, 0.15) is 50.2 Å². The van der Waals surface area contributed by atoms with Gasteiger partial charge in [-0.2, -0.15) is 0 Å². The minimum Gasteiger partial charge on any atom is -0.488 e. The summed E-state index contributed by atoms with van der Waals surface area (Å²) in [6, 6.07) is 9.68. The molecule has 1 fully saturated rings. The van der Waals surface area contributed by atoms with E-state index < -0.39 is 5.60 Å². The van der Waals surface area contributed by atoms with Crippen molar-refractivity contribution in [1.29, 1.82) is 0 Å². The third-order valence-corrected chi connectivity index (χ3v) is 7.69. The fraction of sp³-hybridized carbons (Fsp3) is 0.409. The molecule has 1 aliphatic rings. The molecule has 3 heterocycles. The van der Waals surface area contributed by atoms with Crippen LogP contribution in [0.2, 0.25) is 0 Å². The van der Waals surface area contributed by atoms with E-state index in [4.69, 9.17) is 4.74 Å². The van der Waals surface area contributed by atoms with Crippen LogP contribution in [0.15, 0.2) is 35.8 Å². The van der Waals surface area contributed by atoms with E-state index in [1.54, 1.807) is 5.51 Å². The van der Waals surface area contributed by atoms with Gasteiger partial charge in [-0.1, -0.05) is 18.2 Å². The predicted octanol–water partition coefficient (Wildman–Crippen LogP) is 4.31. The summed E-state index contributed by atoms with van der Waals surface area (Å²) >= 11 is 2.88. The maximum absolute atomic E-state index is 12.8. The summed E-state index contributed by atoms with van der Waals surface area (Å²) in [6.45, 7) is 5.37. The lowest BCUT2D eigenvalue weighted by molar-refractivity contribution is 0.0209. The highest BCUT2D eigenvalue weighted by atomic mass is 32.1. The highest BCUT2D eigenvalue weighted by molar-refractivity contribution is 7.12. The van der Waals surface area contributed by atoms with Crippen molar-refractivity contribution in [2.45, 2.75) is 45.3 Å². The second-order valence-corrected chi connectivity index (χ2v) is 9.51. The van der Waals surface area contributed by atoms with Crippen LogP contribution < -0.4 is 4.74 Å². The molecule has 0 spiro atoms. The molecule has 1 aliphatic heterocycles. The molecular formula is C22H25N3O3S2. The second kappa shape index (κ2) is 8.83. The number of hydrogen-bond donors (Lipinski definition) is 1. The lowest BCUT2D eigenvalue weighted by Gasteiger charge is -2.24. The normalized spacial score (nSPS) is 19.5. The van der Waals surface area contributed by atoms with Crippen LogP contribution in [0.3, 0.4) is 0 Å². The Labute approximate surface area is 184 Å². The molecule has 1 aromatic carbocycles. The average molecular weight is 444 g/mol. The number of aromatic nitrogens is 2. The number of thiazole rings is 2. The molecule has 0 unspecified atom stereocenters. The molecule has 0 aliphatic carbocycles. The first-order valence-corrected chi connectivity index (χ1v) is 11.7. The van der Waals surface area contributed by atoms with Gasteiger partial charge in [0.15, 0.2) is 0 Å². The van der Waals surface area contributed by atoms with Gasteiger partial charge in [-0.3, -0.25) is 4.79 Å². The molecule has 1 saturated heterocycles. The van der Waals surface area contributed by atoms with Crippen LogP contribution >= 0.6 is 22.7 Å². The number of ether oxygens (including phenoxy) is 1. The Morgan fingerprint density at radius 2 is 2.00 bits per heavy atom. The number of nitrogens with zero attached hydrogens (tertiary/aromatic N) is 3. The molecule has 158 valence electrons. The Kier molecular flexibility index (Phi) is 6.17. The summed E-state index contributed by atoms with van der Waals surface area (Å²) in [7, 11) is 0. The minimum atomic E-state index is -1.02. The molecule has 1 N–H and O–H groups in total. The van der Waals surface area contributed by atoms with Crippen molar-refractivity contribution in [3.05, 3.63) is 62.0 Å². The van der Waals surface area contributed by atoms with Gasteiger partial charge in [0.25, 0.3) is 5.91 Å². The van der Waals surface area contributed by atoms with E-state index in [0.717, 1.165) is 33.4 Å². The molecule has 8 heteroatoms. The van der Waals surface area contributed by atoms with Crippen LogP contribution in [0, 0.1) is 13.8 Å². The van der Waals surface area contributed by atoms with Crippen molar-refractivity contribution < 1.29 is 14.6 Å². The Morgan fingerprint density at radius 3 is 2.73 bits per heavy atom. The van der Waals surface area contributed by atoms with E-state index in [9.17, 15) is 9.90 Å². The van der Waals surface area contributed by atoms with E-state index in [2.05, 4.69) is 9.97 Å². The van der Waals surface area contributed by atoms with Crippen molar-refractivity contribution in [2.24, 2.45) is 0 Å². The van der Waals surface area contributed by atoms with Crippen LogP contribution in [0.4, 0.5) is 0 Å². The minimum absolute atomic E-state index is 0.00604. The maximum atomic E-state index is 12.8. The molecule has 3 aromatic rings. The third kappa shape index (κ3) is 4.40. The predicted molar refractivity (Wildman–Crippen MR) is 118 cm³/mol. The first-order chi connectivity index (χ1) is 14.5. The summed E-state index contributed by atoms with van der Waals surface area (Å²) < 4.78 is 5.86. The fourth-order valence-corrected chi connectivity index (χ4v) is 5.50. The number of para-hydroxylation sites is 1. The van der Waals surface area contributed by atoms with Crippen LogP contribution in [0.25, 0.3) is 0 Å². The van der Waals surface area contributed by atoms with Crippen molar-refractivity contribution >= 4 is 28.6 Å². The molecular weight excluding hydrogens is 418 g/mol. The third-order valence-electron chi connectivity index (χ3n) is 5.44. The Hall–Kier alpha value is -2.29. The number of benzene rings is 1. The number of carbonyl (C=O) groups excluding carboxylic acids is 1. The number of amides is 1. The summed E-state index contributed by atoms with van der Waals surface area (Å²) in [5, 5.41) is 12.1. The highest BCUT2D eigenvalue weighted by Gasteiger charge is 2.37. The number of likely N-dealkylation sites (tertiary alicyclic amines) is 1. The van der Waals surface area contributed by atoms with Crippen molar-refractivity contribution in [2.75, 3.05) is 13.1 Å². The number of aliphatic hydroxyl groups is 1. The Bertz CT molecular complexity index is 1020. The summed E-state index contributed by atoms with van der Waals surface area (Å²) in [5.41, 5.74) is 2.34. The lowest BCUT2D eigenvalue weighted by atomic mass is 9.96. The van der Waals surface area contributed by atoms with Gasteiger partial charge in [0.1, 0.15) is 27.8 Å². The first kappa shape index (κ1) is 21.0. The first-order valence-electron chi connectivity index (χ1n) is 10.0. The van der Waals surface area contributed by atoms with E-state index in [1.165, 1.54) is 22.7 Å². The van der Waals surface area contributed by atoms with Gasteiger partial charge in [-0.05, 0) is 38.8 Å². The summed E-state index contributed by atoms with van der Waals surface area (Å²) in [4.78, 5) is 25.2. The molecule has 0 saturated carbocycles. The molecule has 1 atom stereocenters. The molecule has 4 rings (SSSR count). The zero-order chi connectivity index (χ0) is 21.1. The topological polar surface area (TPSA) is 75.6 Å². The molecule has 30 heavy (non-hydrogen) atoms. The van der Waals surface area contributed by atoms with E-state index >= 15 is 0 Å². The van der Waals surface area contributed by atoms with Gasteiger partial charge < -0.3 is 14.7 Å². The molecule has 0 bridgehead atoms. The summed E-state index contributed by atoms with van der Waals surface area (Å²) in [6.07, 6.45) is 1.79. The van der Waals surface area contributed by atoms with Crippen LogP contribution in [0.5, 0.6) is 5.75 Å². The zero-order valence-corrected chi connectivity index (χ0v) is 18.8. The number of aryl methyl sites for hydroxylation is 2. The van der Waals surface area contributed by atoms with E-state index in [0.29, 0.717) is 37.4 Å². The maximum Gasteiger partial charge on any atom is 0.265 e. The highest BCUT2D eigenvalue weighted by Crippen LogP contribution is 2.37. The van der Waals surface area contributed by atoms with Crippen molar-refractivity contribution in [3.63, 3.8) is 0 Å². The smallest absolute Gasteiger partial charge is 0.265 e. The fourth-order valence-electron chi connectivity index (χ4n) is 3.61. The Morgan fingerprint density at radius 1 is 1.20 bits per heavy atom. The number of carbonyl (C=O) groups is 1. The van der Waals surface area contributed by atoms with Gasteiger partial charge >= 0.3 is 0 Å². The summed E-state index contributed by atoms with van der Waals surface area (Å²) in [5.74, 6) is 0.819. The molecule has 6 nitrogen and oxygen atoms in total. The van der Waals surface area contributed by atoms with Crippen molar-refractivity contribution in [3.8, 4) is 5.75 Å². The standard InChI is InChI=1S/C22H25N3O3S2/c1-15-18(13-28-17-7-4-3-5-8-17)30-21(24-15)22(27)9-6-11-25(12-10-22)20(26)19-16(2)23-14-29-19/h3-5,7-8,14,27H,6,9-13H2,1-2H3/t22-/m1/s1. The average Bonchev–Trinajstić information content (AvgIpc) is 3.28. The van der Waals surface area contributed by atoms with Gasteiger partial charge in [0, 0.05) is 19.5 Å². The number of rotatable bonds is 5. The van der Waals surface area contributed by atoms with E-state index in [1.807, 2.05) is 49.1 Å². The monoisotopic (exact) mass is 443 g/mol. The van der Waals surface area contributed by atoms with Gasteiger partial charge in [-0.15, -0.1) is 22.7 Å². The largest absolute Gasteiger partial charge is 0.488 e. The Balaban J connectivity index is 1.45. The molecule has 1 amide bonds. The van der Waals surface area contributed by atoms with E-state index in [-0.39, 0.29) is 5.91 Å². The SMILES string of the molecule is Cc1nc([C@@]2(O)CCCN(C(=O)c3scnc3C)CC2)sc1COc1ccccc1.